The molecule has 0 atom stereocenters. The Morgan fingerprint density at radius 1 is 1.21 bits per heavy atom. The summed E-state index contributed by atoms with van der Waals surface area (Å²) in [7, 11) is 0. The molecule has 0 heterocycles. The summed E-state index contributed by atoms with van der Waals surface area (Å²) in [5.41, 5.74) is -0.195. The minimum Gasteiger partial charge on any atom is -0.445 e. The van der Waals surface area contributed by atoms with E-state index >= 15 is 0 Å². The molecule has 1 aromatic carbocycles. The van der Waals surface area contributed by atoms with E-state index in [9.17, 15) is 12.9 Å². The molecule has 0 amide bonds. The van der Waals surface area contributed by atoms with E-state index in [0.717, 1.165) is 12.1 Å². The van der Waals surface area contributed by atoms with Crippen molar-refractivity contribution < 1.29 is 64.3 Å². The first kappa shape index (κ1) is 14.3. The van der Waals surface area contributed by atoms with Crippen molar-refractivity contribution in [3.8, 4) is 11.8 Å². The van der Waals surface area contributed by atoms with Gasteiger partial charge in [-0.05, 0) is 13.0 Å². The molecule has 0 aliphatic rings. The van der Waals surface area contributed by atoms with E-state index in [0.29, 0.717) is 5.56 Å². The number of benzene rings is 1. The Hall–Kier alpha value is 0.271. The first-order valence-electron chi connectivity index (χ1n) is 3.76. The molecule has 0 bridgehead atoms. The van der Waals surface area contributed by atoms with Crippen molar-refractivity contribution in [2.75, 3.05) is 0 Å². The summed E-state index contributed by atoms with van der Waals surface area (Å²) in [4.78, 5) is 0. The summed E-state index contributed by atoms with van der Waals surface area (Å²) in [6.45, 7) is -3.32. The molecule has 0 nitrogen and oxygen atoms in total. The van der Waals surface area contributed by atoms with Gasteiger partial charge in [0.2, 0.25) is 0 Å². The molecule has 0 aromatic heterocycles. The second kappa shape index (κ2) is 5.99. The van der Waals surface area contributed by atoms with E-state index in [1.807, 2.05) is 0 Å². The second-order valence-corrected chi connectivity index (χ2v) is 2.58. The second-order valence-electron chi connectivity index (χ2n) is 2.58. The smallest absolute Gasteiger partial charge is 0.445 e. The van der Waals surface area contributed by atoms with E-state index in [1.54, 1.807) is 13.0 Å². The Labute approximate surface area is 124 Å². The van der Waals surface area contributed by atoms with Crippen LogP contribution < -0.4 is 56.8 Å². The van der Waals surface area contributed by atoms with Crippen LogP contribution in [0.4, 0.5) is 12.9 Å². The van der Waals surface area contributed by atoms with Gasteiger partial charge in [-0.1, -0.05) is 24.1 Å². The van der Waals surface area contributed by atoms with Gasteiger partial charge in [-0.3, -0.25) is 0 Å². The fourth-order valence-electron chi connectivity index (χ4n) is 0.964. The predicted molar refractivity (Wildman–Crippen MR) is 47.7 cm³/mol. The van der Waals surface area contributed by atoms with Crippen LogP contribution in [0.2, 0.25) is 0 Å². The third-order valence-electron chi connectivity index (χ3n) is 1.53. The molecule has 0 saturated heterocycles. The molecule has 5 heteroatoms. The molecule has 0 unspecified atom stereocenters. The molecule has 14 heavy (non-hydrogen) atoms. The molecule has 0 radical (unpaired) electrons. The van der Waals surface area contributed by atoms with Crippen LogP contribution in [0.25, 0.3) is 0 Å². The van der Waals surface area contributed by atoms with Crippen molar-refractivity contribution in [1.29, 1.82) is 0 Å². The Morgan fingerprint density at radius 2 is 1.86 bits per heavy atom. The van der Waals surface area contributed by atoms with Crippen LogP contribution in [0.5, 0.6) is 0 Å². The van der Waals surface area contributed by atoms with Crippen LogP contribution in [0, 0.1) is 11.8 Å². The fourth-order valence-corrected chi connectivity index (χ4v) is 0.964. The van der Waals surface area contributed by atoms with Gasteiger partial charge in [-0.2, -0.15) is 0 Å². The minimum atomic E-state index is -4.91. The van der Waals surface area contributed by atoms with Crippen molar-refractivity contribution in [2.45, 2.75) is 6.92 Å². The van der Waals surface area contributed by atoms with Gasteiger partial charge in [-0.25, -0.2) is 0 Å². The summed E-state index contributed by atoms with van der Waals surface area (Å²) in [6.07, 6.45) is 0. The first-order valence-corrected chi connectivity index (χ1v) is 3.76. The average molecular weight is 222 g/mol. The maximum atomic E-state index is 12.2. The van der Waals surface area contributed by atoms with E-state index in [4.69, 9.17) is 0 Å². The summed E-state index contributed by atoms with van der Waals surface area (Å²) in [5, 5.41) is 0. The van der Waals surface area contributed by atoms with Gasteiger partial charge in [0.15, 0.2) is 0 Å². The van der Waals surface area contributed by atoms with Gasteiger partial charge in [0.1, 0.15) is 0 Å². The number of halogens is 3. The van der Waals surface area contributed by atoms with Gasteiger partial charge < -0.3 is 12.9 Å². The average Bonchev–Trinajstić information content (AvgIpc) is 2.04. The molecule has 0 spiro atoms. The monoisotopic (exact) mass is 222 g/mol. The Balaban J connectivity index is 0.00000169. The molecule has 0 fully saturated rings. The van der Waals surface area contributed by atoms with Crippen LogP contribution in [0.15, 0.2) is 24.3 Å². The van der Waals surface area contributed by atoms with E-state index in [-0.39, 0.29) is 51.4 Å². The van der Waals surface area contributed by atoms with Crippen LogP contribution in [-0.2, 0) is 0 Å². The predicted octanol–water partition coefficient (Wildman–Crippen LogP) is -0.884. The van der Waals surface area contributed by atoms with Crippen molar-refractivity contribution in [3.05, 3.63) is 29.8 Å². The van der Waals surface area contributed by atoms with Crippen LogP contribution >= 0.6 is 0 Å². The first-order chi connectivity index (χ1) is 6.04. The van der Waals surface area contributed by atoms with Crippen LogP contribution in [0.1, 0.15) is 12.5 Å². The van der Waals surface area contributed by atoms with Crippen molar-refractivity contribution in [2.24, 2.45) is 0 Å². The fraction of sp³-hybridized carbons (Fsp3) is 0.111. The number of rotatable bonds is 1. The molecule has 0 saturated carbocycles. The third kappa shape index (κ3) is 4.20. The van der Waals surface area contributed by atoms with Gasteiger partial charge >= 0.3 is 58.4 Å². The normalized spacial score (nSPS) is 9.71. The number of hydrogen-bond donors (Lipinski definition) is 0. The maximum Gasteiger partial charge on any atom is 1.00 e. The summed E-state index contributed by atoms with van der Waals surface area (Å²) in [5.74, 6) is 5.13. The maximum absolute atomic E-state index is 12.2. The topological polar surface area (TPSA) is 0 Å². The van der Waals surface area contributed by atoms with Crippen molar-refractivity contribution in [1.82, 2.24) is 0 Å². The molecule has 0 aliphatic heterocycles. The Morgan fingerprint density at radius 3 is 2.36 bits per heavy atom. The van der Waals surface area contributed by atoms with E-state index in [1.165, 1.54) is 6.07 Å². The van der Waals surface area contributed by atoms with Gasteiger partial charge in [0, 0.05) is 5.56 Å². The Bertz CT molecular complexity index is 362. The van der Waals surface area contributed by atoms with Crippen LogP contribution in [0.3, 0.4) is 0 Å². The summed E-state index contributed by atoms with van der Waals surface area (Å²) in [6, 6.07) is 5.05. The quantitative estimate of drug-likeness (QED) is 0.427. The van der Waals surface area contributed by atoms with Crippen molar-refractivity contribution in [3.63, 3.8) is 0 Å². The molecule has 0 aliphatic carbocycles. The molecule has 1 rings (SSSR count). The van der Waals surface area contributed by atoms with E-state index < -0.39 is 12.4 Å². The largest absolute Gasteiger partial charge is 1.00 e. The molecular weight excluding hydrogens is 215 g/mol. The standard InChI is InChI=1S/C9H7BF3.K/c1-2-4-8-5-3-6-9(7-8)10(11,12)13;/h3,5-7H,1H3;/q-1;+1. The molecule has 68 valence electrons. The zero-order valence-corrected chi connectivity index (χ0v) is 11.1. The molecule has 1 aromatic rings. The SMILES string of the molecule is CC#Cc1cccc([B-](F)(F)F)c1.[K+]. The number of hydrogen-bond acceptors (Lipinski definition) is 0. The minimum absolute atomic E-state index is 0. The van der Waals surface area contributed by atoms with Gasteiger partial charge in [0.05, 0.1) is 0 Å². The van der Waals surface area contributed by atoms with Gasteiger partial charge in [0.25, 0.3) is 0 Å². The zero-order valence-electron chi connectivity index (χ0n) is 8.02. The Kier molecular flexibility index (Phi) is 6.10. The van der Waals surface area contributed by atoms with Crippen LogP contribution in [-0.4, -0.2) is 6.98 Å². The molecule has 0 N–H and O–H groups in total. The third-order valence-corrected chi connectivity index (χ3v) is 1.53. The van der Waals surface area contributed by atoms with E-state index in [2.05, 4.69) is 11.8 Å². The van der Waals surface area contributed by atoms with Gasteiger partial charge in [-0.15, -0.1) is 11.4 Å². The summed E-state index contributed by atoms with van der Waals surface area (Å²) >= 11 is 0. The zero-order chi connectivity index (χ0) is 9.90. The summed E-state index contributed by atoms with van der Waals surface area (Å²) < 4.78 is 36.7. The molecular formula is C9H7BF3K. The van der Waals surface area contributed by atoms with Crippen molar-refractivity contribution >= 4 is 12.4 Å².